The third kappa shape index (κ3) is 3.14. The molecule has 3 nitrogen and oxygen atoms in total. The molecule has 1 saturated carbocycles. The minimum absolute atomic E-state index is 0.713. The fraction of sp³-hybridized carbons (Fsp3) is 0.250. The second kappa shape index (κ2) is 5.92. The number of anilines is 2. The average molecular weight is 303 g/mol. The van der Waals surface area contributed by atoms with E-state index in [0.29, 0.717) is 5.69 Å². The Hall–Kier alpha value is -2.55. The number of fused-ring (bicyclic) bond motifs is 1. The molecule has 1 aliphatic rings. The highest BCUT2D eigenvalue weighted by molar-refractivity contribution is 5.87. The molecule has 1 heterocycles. The number of nitrogens with zero attached hydrogens (tertiary/aromatic N) is 1. The number of nitrogens with one attached hydrogen (secondary N) is 1. The third-order valence-corrected chi connectivity index (χ3v) is 4.51. The fourth-order valence-electron chi connectivity index (χ4n) is 2.92. The van der Waals surface area contributed by atoms with Crippen molar-refractivity contribution in [1.29, 1.82) is 0 Å². The maximum Gasteiger partial charge on any atom is 0.149 e. The number of pyridine rings is 1. The Morgan fingerprint density at radius 2 is 1.83 bits per heavy atom. The molecule has 0 radical (unpaired) electrons. The monoisotopic (exact) mass is 303 g/mol. The van der Waals surface area contributed by atoms with Gasteiger partial charge in [0.2, 0.25) is 0 Å². The number of rotatable bonds is 5. The van der Waals surface area contributed by atoms with Crippen LogP contribution < -0.4 is 11.1 Å². The first-order chi connectivity index (χ1) is 11.3. The van der Waals surface area contributed by atoms with Gasteiger partial charge in [0.25, 0.3) is 0 Å². The van der Waals surface area contributed by atoms with Crippen molar-refractivity contribution in [3.8, 4) is 11.3 Å². The molecule has 1 aliphatic carbocycles. The van der Waals surface area contributed by atoms with Crippen molar-refractivity contribution in [2.75, 3.05) is 17.6 Å². The van der Waals surface area contributed by atoms with Gasteiger partial charge in [-0.1, -0.05) is 49.2 Å². The van der Waals surface area contributed by atoms with E-state index in [1.54, 1.807) is 0 Å². The summed E-state index contributed by atoms with van der Waals surface area (Å²) in [6.07, 6.45) is 3.96. The van der Waals surface area contributed by atoms with Crippen LogP contribution in [0.4, 0.5) is 11.5 Å². The predicted molar refractivity (Wildman–Crippen MR) is 97.4 cm³/mol. The minimum atomic E-state index is 0.713. The zero-order chi connectivity index (χ0) is 15.6. The normalized spacial score (nSPS) is 14.1. The van der Waals surface area contributed by atoms with Gasteiger partial charge in [0.1, 0.15) is 5.82 Å². The maximum absolute atomic E-state index is 6.07. The van der Waals surface area contributed by atoms with Crippen molar-refractivity contribution < 1.29 is 0 Å². The lowest BCUT2D eigenvalue weighted by molar-refractivity contribution is 0.758. The Balaban J connectivity index is 1.61. The Bertz CT molecular complexity index is 837. The molecule has 3 aromatic rings. The number of hydrogen-bond donors (Lipinski definition) is 2. The second-order valence-corrected chi connectivity index (χ2v) is 6.36. The molecule has 23 heavy (non-hydrogen) atoms. The second-order valence-electron chi connectivity index (χ2n) is 6.36. The predicted octanol–water partition coefficient (Wildman–Crippen LogP) is 4.70. The number of benzene rings is 2. The first kappa shape index (κ1) is 14.1. The number of nitrogens with two attached hydrogens (primary N) is 1. The van der Waals surface area contributed by atoms with Crippen LogP contribution in [0.1, 0.15) is 19.3 Å². The lowest BCUT2D eigenvalue weighted by atomic mass is 10.0. The summed E-state index contributed by atoms with van der Waals surface area (Å²) in [7, 11) is 0. The Morgan fingerprint density at radius 1 is 1.00 bits per heavy atom. The highest BCUT2D eigenvalue weighted by Crippen LogP contribution is 2.32. The van der Waals surface area contributed by atoms with E-state index in [4.69, 9.17) is 10.7 Å². The van der Waals surface area contributed by atoms with Gasteiger partial charge in [-0.3, -0.25) is 0 Å². The van der Waals surface area contributed by atoms with Crippen LogP contribution in [0.2, 0.25) is 0 Å². The van der Waals surface area contributed by atoms with E-state index in [-0.39, 0.29) is 0 Å². The molecular weight excluding hydrogens is 282 g/mol. The molecule has 2 aromatic carbocycles. The number of hydrogen-bond acceptors (Lipinski definition) is 3. The largest absolute Gasteiger partial charge is 0.396 e. The van der Waals surface area contributed by atoms with Crippen LogP contribution in [-0.2, 0) is 0 Å². The molecule has 0 atom stereocenters. The molecule has 0 unspecified atom stereocenters. The standard InChI is InChI=1S/C20H21N3/c21-18-9-10-19(23-20(18)22-12-11-14-5-6-14)17-8-7-15-3-1-2-4-16(15)13-17/h1-4,7-10,13-14H,5-6,11-12,21H2,(H,22,23). The van der Waals surface area contributed by atoms with E-state index in [2.05, 4.69) is 47.8 Å². The molecule has 1 aromatic heterocycles. The van der Waals surface area contributed by atoms with Crippen molar-refractivity contribution in [2.24, 2.45) is 5.92 Å². The zero-order valence-corrected chi connectivity index (χ0v) is 13.1. The van der Waals surface area contributed by atoms with E-state index in [1.165, 1.54) is 30.0 Å². The van der Waals surface area contributed by atoms with Crippen molar-refractivity contribution in [2.45, 2.75) is 19.3 Å². The van der Waals surface area contributed by atoms with Crippen molar-refractivity contribution >= 4 is 22.3 Å². The average Bonchev–Trinajstić information content (AvgIpc) is 3.40. The van der Waals surface area contributed by atoms with Gasteiger partial charge >= 0.3 is 0 Å². The van der Waals surface area contributed by atoms with Crippen LogP contribution in [0.25, 0.3) is 22.0 Å². The van der Waals surface area contributed by atoms with Crippen LogP contribution >= 0.6 is 0 Å². The SMILES string of the molecule is Nc1ccc(-c2ccc3ccccc3c2)nc1NCCC1CC1. The zero-order valence-electron chi connectivity index (χ0n) is 13.1. The topological polar surface area (TPSA) is 50.9 Å². The summed E-state index contributed by atoms with van der Waals surface area (Å²) >= 11 is 0. The lowest BCUT2D eigenvalue weighted by Crippen LogP contribution is -2.07. The van der Waals surface area contributed by atoms with Gasteiger partial charge < -0.3 is 11.1 Å². The molecular formula is C20H21N3. The van der Waals surface area contributed by atoms with Gasteiger partial charge in [0.05, 0.1) is 11.4 Å². The molecule has 0 aliphatic heterocycles. The van der Waals surface area contributed by atoms with Gasteiger partial charge in [-0.15, -0.1) is 0 Å². The summed E-state index contributed by atoms with van der Waals surface area (Å²) in [5.74, 6) is 1.71. The molecule has 1 fully saturated rings. The van der Waals surface area contributed by atoms with Crippen LogP contribution in [0.3, 0.4) is 0 Å². The minimum Gasteiger partial charge on any atom is -0.396 e. The van der Waals surface area contributed by atoms with Gasteiger partial charge in [-0.05, 0) is 41.3 Å². The highest BCUT2D eigenvalue weighted by Gasteiger charge is 2.20. The van der Waals surface area contributed by atoms with Crippen molar-refractivity contribution in [1.82, 2.24) is 4.98 Å². The molecule has 3 heteroatoms. The summed E-state index contributed by atoms with van der Waals surface area (Å²) in [6.45, 7) is 0.947. The van der Waals surface area contributed by atoms with Crippen LogP contribution in [0.15, 0.2) is 54.6 Å². The summed E-state index contributed by atoms with van der Waals surface area (Å²) in [4.78, 5) is 4.73. The van der Waals surface area contributed by atoms with E-state index in [9.17, 15) is 0 Å². The van der Waals surface area contributed by atoms with Crippen LogP contribution in [-0.4, -0.2) is 11.5 Å². The molecule has 4 rings (SSSR count). The Morgan fingerprint density at radius 3 is 2.65 bits per heavy atom. The third-order valence-electron chi connectivity index (χ3n) is 4.51. The summed E-state index contributed by atoms with van der Waals surface area (Å²) in [5.41, 5.74) is 8.86. The van der Waals surface area contributed by atoms with E-state index >= 15 is 0 Å². The summed E-state index contributed by atoms with van der Waals surface area (Å²) < 4.78 is 0. The van der Waals surface area contributed by atoms with Gasteiger partial charge in [0, 0.05) is 12.1 Å². The lowest BCUT2D eigenvalue weighted by Gasteiger charge is -2.11. The molecule has 0 bridgehead atoms. The summed E-state index contributed by atoms with van der Waals surface area (Å²) in [5, 5.41) is 5.87. The van der Waals surface area contributed by atoms with Gasteiger partial charge in [-0.25, -0.2) is 4.98 Å². The molecule has 3 N–H and O–H groups in total. The van der Waals surface area contributed by atoms with E-state index in [0.717, 1.165) is 29.5 Å². The van der Waals surface area contributed by atoms with Crippen LogP contribution in [0, 0.1) is 5.92 Å². The maximum atomic E-state index is 6.07. The molecule has 0 amide bonds. The molecule has 116 valence electrons. The summed E-state index contributed by atoms with van der Waals surface area (Å²) in [6, 6.07) is 18.8. The molecule has 0 saturated heterocycles. The fourth-order valence-corrected chi connectivity index (χ4v) is 2.92. The van der Waals surface area contributed by atoms with E-state index in [1.807, 2.05) is 12.1 Å². The van der Waals surface area contributed by atoms with E-state index < -0.39 is 0 Å². The number of aromatic nitrogens is 1. The van der Waals surface area contributed by atoms with Gasteiger partial charge in [0.15, 0.2) is 0 Å². The Labute approximate surface area is 136 Å². The quantitative estimate of drug-likeness (QED) is 0.718. The highest BCUT2D eigenvalue weighted by atomic mass is 15.0. The van der Waals surface area contributed by atoms with Crippen molar-refractivity contribution in [3.63, 3.8) is 0 Å². The van der Waals surface area contributed by atoms with Gasteiger partial charge in [-0.2, -0.15) is 0 Å². The first-order valence-electron chi connectivity index (χ1n) is 8.29. The first-order valence-corrected chi connectivity index (χ1v) is 8.29. The molecule has 0 spiro atoms. The van der Waals surface area contributed by atoms with Crippen molar-refractivity contribution in [3.05, 3.63) is 54.6 Å². The number of nitrogen functional groups attached to an aromatic ring is 1. The smallest absolute Gasteiger partial charge is 0.149 e. The Kier molecular flexibility index (Phi) is 3.62. The van der Waals surface area contributed by atoms with Crippen LogP contribution in [0.5, 0.6) is 0 Å².